The van der Waals surface area contributed by atoms with Gasteiger partial charge in [0.15, 0.2) is 0 Å². The molecule has 0 N–H and O–H groups in total. The molecule has 1 heterocycles. The van der Waals surface area contributed by atoms with E-state index in [2.05, 4.69) is 31.4 Å². The maximum atomic E-state index is 5.61. The van der Waals surface area contributed by atoms with Crippen LogP contribution in [0.1, 0.15) is 26.3 Å². The van der Waals surface area contributed by atoms with Crippen molar-refractivity contribution in [1.82, 2.24) is 4.68 Å². The van der Waals surface area contributed by atoms with Crippen LogP contribution >= 0.6 is 11.3 Å². The molecule has 1 aromatic heterocycles. The summed E-state index contributed by atoms with van der Waals surface area (Å²) in [5, 5.41) is 7.00. The Bertz CT molecular complexity index is 1110. The summed E-state index contributed by atoms with van der Waals surface area (Å²) < 4.78 is 18.2. The SMILES string of the molecule is COc1ccc(CC(C)=Nn2c(-c3cc(OC)ccc3OC)csc2=NC(C)C)cc1. The first-order valence-electron chi connectivity index (χ1n) is 10.1. The second-order valence-electron chi connectivity index (χ2n) is 7.36. The van der Waals surface area contributed by atoms with Gasteiger partial charge in [-0.2, -0.15) is 5.10 Å². The predicted molar refractivity (Wildman–Crippen MR) is 127 cm³/mol. The van der Waals surface area contributed by atoms with Gasteiger partial charge in [-0.15, -0.1) is 11.3 Å². The fourth-order valence-corrected chi connectivity index (χ4v) is 4.11. The van der Waals surface area contributed by atoms with E-state index in [-0.39, 0.29) is 6.04 Å². The lowest BCUT2D eigenvalue weighted by molar-refractivity contribution is 0.404. The molecule has 6 nitrogen and oxygen atoms in total. The van der Waals surface area contributed by atoms with Crippen molar-refractivity contribution in [2.24, 2.45) is 10.1 Å². The first-order chi connectivity index (χ1) is 14.9. The predicted octanol–water partition coefficient (Wildman–Crippen LogP) is 5.02. The largest absolute Gasteiger partial charge is 0.497 e. The van der Waals surface area contributed by atoms with Gasteiger partial charge in [-0.25, -0.2) is 4.68 Å². The minimum absolute atomic E-state index is 0.155. The monoisotopic (exact) mass is 439 g/mol. The van der Waals surface area contributed by atoms with E-state index >= 15 is 0 Å². The van der Waals surface area contributed by atoms with E-state index in [0.717, 1.165) is 45.4 Å². The highest BCUT2D eigenvalue weighted by molar-refractivity contribution is 7.07. The van der Waals surface area contributed by atoms with Crippen molar-refractivity contribution < 1.29 is 14.2 Å². The van der Waals surface area contributed by atoms with Crippen LogP contribution in [-0.4, -0.2) is 37.8 Å². The van der Waals surface area contributed by atoms with Crippen LogP contribution < -0.4 is 19.0 Å². The van der Waals surface area contributed by atoms with Crippen molar-refractivity contribution in [3.05, 3.63) is 58.2 Å². The highest BCUT2D eigenvalue weighted by Gasteiger charge is 2.15. The van der Waals surface area contributed by atoms with Crippen molar-refractivity contribution in [3.8, 4) is 28.5 Å². The first kappa shape index (κ1) is 22.6. The molecule has 0 fully saturated rings. The maximum absolute atomic E-state index is 5.61. The van der Waals surface area contributed by atoms with Crippen molar-refractivity contribution >= 4 is 17.0 Å². The Hall–Kier alpha value is -3.06. The quantitative estimate of drug-likeness (QED) is 0.463. The molecule has 31 heavy (non-hydrogen) atoms. The lowest BCUT2D eigenvalue weighted by atomic mass is 10.1. The molecule has 3 rings (SSSR count). The van der Waals surface area contributed by atoms with E-state index in [1.807, 2.05) is 41.9 Å². The highest BCUT2D eigenvalue weighted by Crippen LogP contribution is 2.33. The molecule has 0 saturated carbocycles. The average Bonchev–Trinajstić information content (AvgIpc) is 3.14. The van der Waals surface area contributed by atoms with Gasteiger partial charge in [0.05, 0.1) is 27.0 Å². The summed E-state index contributed by atoms with van der Waals surface area (Å²) in [5.41, 5.74) is 3.95. The van der Waals surface area contributed by atoms with Gasteiger partial charge >= 0.3 is 0 Å². The zero-order chi connectivity index (χ0) is 22.4. The number of hydrogen-bond acceptors (Lipinski definition) is 6. The van der Waals surface area contributed by atoms with Gasteiger partial charge in [0.1, 0.15) is 17.2 Å². The van der Waals surface area contributed by atoms with Gasteiger partial charge in [-0.1, -0.05) is 12.1 Å². The standard InChI is InChI=1S/C24H29N3O3S/c1-16(2)25-24-27(26-17(3)13-18-7-9-19(28-4)10-8-18)22(15-31-24)21-14-20(29-5)11-12-23(21)30-6/h7-12,14-16H,13H2,1-6H3. The van der Waals surface area contributed by atoms with E-state index in [4.69, 9.17) is 24.3 Å². The van der Waals surface area contributed by atoms with E-state index < -0.39 is 0 Å². The summed E-state index contributed by atoms with van der Waals surface area (Å²) in [6.45, 7) is 6.15. The van der Waals surface area contributed by atoms with Gasteiger partial charge < -0.3 is 14.2 Å². The minimum Gasteiger partial charge on any atom is -0.497 e. The third-order valence-corrected chi connectivity index (χ3v) is 5.46. The van der Waals surface area contributed by atoms with Gasteiger partial charge in [-0.05, 0) is 56.7 Å². The molecule has 0 saturated heterocycles. The fraction of sp³-hybridized carbons (Fsp3) is 0.333. The number of ether oxygens (including phenoxy) is 3. The molecule has 0 spiro atoms. The molecule has 7 heteroatoms. The summed E-state index contributed by atoms with van der Waals surface area (Å²) in [6, 6.07) is 14.0. The van der Waals surface area contributed by atoms with Crippen LogP contribution in [0.15, 0.2) is 57.9 Å². The molecule has 164 valence electrons. The second-order valence-corrected chi connectivity index (χ2v) is 8.20. The molecule has 0 amide bonds. The van der Waals surface area contributed by atoms with Gasteiger partial charge in [0.25, 0.3) is 0 Å². The molecule has 0 atom stereocenters. The molecule has 0 bridgehead atoms. The number of hydrogen-bond donors (Lipinski definition) is 0. The number of methoxy groups -OCH3 is 3. The molecule has 0 radical (unpaired) electrons. The summed E-state index contributed by atoms with van der Waals surface area (Å²) >= 11 is 1.56. The third kappa shape index (κ3) is 5.55. The molecule has 0 unspecified atom stereocenters. The van der Waals surface area contributed by atoms with Crippen molar-refractivity contribution in [3.63, 3.8) is 0 Å². The average molecular weight is 440 g/mol. The zero-order valence-electron chi connectivity index (χ0n) is 18.9. The molecule has 0 aliphatic carbocycles. The first-order valence-corrected chi connectivity index (χ1v) is 11.0. The van der Waals surface area contributed by atoms with E-state index in [9.17, 15) is 0 Å². The lowest BCUT2D eigenvalue weighted by Crippen LogP contribution is -2.16. The van der Waals surface area contributed by atoms with E-state index in [1.165, 1.54) is 5.56 Å². The molecule has 0 aliphatic rings. The van der Waals surface area contributed by atoms with E-state index in [1.54, 1.807) is 32.7 Å². The Kier molecular flexibility index (Phi) is 7.52. The maximum Gasteiger partial charge on any atom is 0.206 e. The molecule has 3 aromatic rings. The number of benzene rings is 2. The number of thiazole rings is 1. The third-order valence-electron chi connectivity index (χ3n) is 4.63. The summed E-state index contributed by atoms with van der Waals surface area (Å²) in [6.07, 6.45) is 0.725. The summed E-state index contributed by atoms with van der Waals surface area (Å²) in [7, 11) is 4.99. The Balaban J connectivity index is 2.08. The van der Waals surface area contributed by atoms with Crippen LogP contribution in [0.3, 0.4) is 0 Å². The Morgan fingerprint density at radius 3 is 2.26 bits per heavy atom. The van der Waals surface area contributed by atoms with Gasteiger partial charge in [0.2, 0.25) is 4.80 Å². The van der Waals surface area contributed by atoms with Crippen LogP contribution in [0.5, 0.6) is 17.2 Å². The Morgan fingerprint density at radius 1 is 0.968 bits per heavy atom. The Morgan fingerprint density at radius 2 is 1.65 bits per heavy atom. The molecule has 2 aromatic carbocycles. The molecule has 0 aliphatic heterocycles. The van der Waals surface area contributed by atoms with Crippen molar-refractivity contribution in [2.45, 2.75) is 33.2 Å². The second kappa shape index (κ2) is 10.3. The van der Waals surface area contributed by atoms with Crippen molar-refractivity contribution in [2.75, 3.05) is 21.3 Å². The number of nitrogens with zero attached hydrogens (tertiary/aromatic N) is 3. The fourth-order valence-electron chi connectivity index (χ4n) is 3.15. The van der Waals surface area contributed by atoms with Crippen LogP contribution in [0.25, 0.3) is 11.3 Å². The lowest BCUT2D eigenvalue weighted by Gasteiger charge is -2.12. The van der Waals surface area contributed by atoms with Crippen LogP contribution in [0.4, 0.5) is 0 Å². The normalized spacial score (nSPS) is 12.4. The van der Waals surface area contributed by atoms with Crippen LogP contribution in [0.2, 0.25) is 0 Å². The zero-order valence-corrected chi connectivity index (χ0v) is 19.7. The summed E-state index contributed by atoms with van der Waals surface area (Å²) in [4.78, 5) is 5.61. The number of rotatable bonds is 8. The van der Waals surface area contributed by atoms with E-state index in [0.29, 0.717) is 0 Å². The number of aromatic nitrogens is 1. The van der Waals surface area contributed by atoms with Crippen LogP contribution in [0, 0.1) is 0 Å². The van der Waals surface area contributed by atoms with Gasteiger partial charge in [0, 0.05) is 29.1 Å². The van der Waals surface area contributed by atoms with Gasteiger partial charge in [-0.3, -0.25) is 4.99 Å². The minimum atomic E-state index is 0.155. The highest BCUT2D eigenvalue weighted by atomic mass is 32.1. The topological polar surface area (TPSA) is 57.3 Å². The smallest absolute Gasteiger partial charge is 0.206 e. The van der Waals surface area contributed by atoms with Crippen molar-refractivity contribution in [1.29, 1.82) is 0 Å². The summed E-state index contributed by atoms with van der Waals surface area (Å²) in [5.74, 6) is 2.36. The Labute approximate surface area is 187 Å². The van der Waals surface area contributed by atoms with Crippen LogP contribution in [-0.2, 0) is 6.42 Å². The molecular formula is C24H29N3O3S. The molecular weight excluding hydrogens is 410 g/mol.